The lowest BCUT2D eigenvalue weighted by molar-refractivity contribution is 0.517. The summed E-state index contributed by atoms with van der Waals surface area (Å²) in [7, 11) is 0. The molecule has 0 fully saturated rings. The number of aliphatic hydroxyl groups excluding tert-OH is 1. The SMILES string of the molecule is OC#CC(Br)Br. The Balaban J connectivity index is 3.20. The van der Waals surface area contributed by atoms with Gasteiger partial charge in [-0.15, -0.1) is 0 Å². The number of halogens is 2. The molecule has 0 saturated heterocycles. The molecule has 0 aromatic carbocycles. The van der Waals surface area contributed by atoms with Crippen molar-refractivity contribution in [3.63, 3.8) is 0 Å². The monoisotopic (exact) mass is 212 g/mol. The van der Waals surface area contributed by atoms with E-state index in [4.69, 9.17) is 5.11 Å². The molecule has 0 heterocycles. The van der Waals surface area contributed by atoms with Crippen molar-refractivity contribution in [1.82, 2.24) is 0 Å². The molecule has 0 bridgehead atoms. The number of aliphatic hydroxyl groups is 1. The van der Waals surface area contributed by atoms with Crippen LogP contribution in [0.5, 0.6) is 0 Å². The van der Waals surface area contributed by atoms with Gasteiger partial charge in [-0.1, -0.05) is 31.9 Å². The maximum atomic E-state index is 7.82. The summed E-state index contributed by atoms with van der Waals surface area (Å²) in [5, 5.41) is 7.82. The fraction of sp³-hybridized carbons (Fsp3) is 0.333. The Bertz CT molecular complexity index is 78.5. The van der Waals surface area contributed by atoms with Crippen molar-refractivity contribution < 1.29 is 5.11 Å². The predicted molar refractivity (Wildman–Crippen MR) is 31.4 cm³/mol. The van der Waals surface area contributed by atoms with E-state index in [-0.39, 0.29) is 3.74 Å². The van der Waals surface area contributed by atoms with Crippen molar-refractivity contribution in [3.8, 4) is 12.0 Å². The van der Waals surface area contributed by atoms with E-state index in [1.807, 2.05) is 0 Å². The average Bonchev–Trinajstić information content (AvgIpc) is 1.35. The second-order valence-electron chi connectivity index (χ2n) is 0.557. The van der Waals surface area contributed by atoms with Crippen molar-refractivity contribution in [3.05, 3.63) is 0 Å². The highest BCUT2D eigenvalue weighted by Crippen LogP contribution is 2.03. The maximum absolute atomic E-state index is 7.82. The lowest BCUT2D eigenvalue weighted by Gasteiger charge is -1.75. The van der Waals surface area contributed by atoms with Crippen molar-refractivity contribution >= 4 is 31.9 Å². The van der Waals surface area contributed by atoms with Gasteiger partial charge in [-0.05, 0) is 5.92 Å². The van der Waals surface area contributed by atoms with Crippen LogP contribution in [-0.4, -0.2) is 8.84 Å². The lowest BCUT2D eigenvalue weighted by atomic mass is 10.8. The molecule has 0 aromatic rings. The molecule has 34 valence electrons. The Labute approximate surface area is 53.0 Å². The van der Waals surface area contributed by atoms with Crippen LogP contribution in [0, 0.1) is 12.0 Å². The van der Waals surface area contributed by atoms with Crippen LogP contribution >= 0.6 is 31.9 Å². The molecule has 0 saturated carbocycles. The van der Waals surface area contributed by atoms with E-state index >= 15 is 0 Å². The highest BCUT2D eigenvalue weighted by Gasteiger charge is 1.82. The van der Waals surface area contributed by atoms with Gasteiger partial charge in [-0.3, -0.25) is 0 Å². The molecular weight excluding hydrogens is 212 g/mol. The molecule has 0 spiro atoms. The Morgan fingerprint density at radius 2 is 2.00 bits per heavy atom. The Morgan fingerprint density at radius 3 is 2.00 bits per heavy atom. The summed E-state index contributed by atoms with van der Waals surface area (Å²) < 4.78 is -0.0880. The van der Waals surface area contributed by atoms with Crippen molar-refractivity contribution in [2.24, 2.45) is 0 Å². The van der Waals surface area contributed by atoms with Crippen LogP contribution in [0.1, 0.15) is 0 Å². The number of alkyl halides is 2. The zero-order chi connectivity index (χ0) is 4.99. The second-order valence-corrected chi connectivity index (χ2v) is 3.62. The fourth-order valence-electron chi connectivity index (χ4n) is 0.0488. The third-order valence-corrected chi connectivity index (χ3v) is 0.631. The van der Waals surface area contributed by atoms with Gasteiger partial charge in [0.1, 0.15) is 9.84 Å². The Morgan fingerprint density at radius 1 is 1.50 bits per heavy atom. The summed E-state index contributed by atoms with van der Waals surface area (Å²) in [5.74, 6) is 2.35. The highest BCUT2D eigenvalue weighted by molar-refractivity contribution is 9.24. The topological polar surface area (TPSA) is 20.2 Å². The Hall–Kier alpha value is 0.320. The summed E-state index contributed by atoms with van der Waals surface area (Å²) in [6.07, 6.45) is 1.72. The van der Waals surface area contributed by atoms with Gasteiger partial charge in [0.25, 0.3) is 0 Å². The molecule has 0 atom stereocenters. The van der Waals surface area contributed by atoms with E-state index in [0.717, 1.165) is 0 Å². The first-order valence-electron chi connectivity index (χ1n) is 1.20. The summed E-state index contributed by atoms with van der Waals surface area (Å²) >= 11 is 6.04. The van der Waals surface area contributed by atoms with Crippen LogP contribution in [-0.2, 0) is 0 Å². The van der Waals surface area contributed by atoms with Crippen LogP contribution in [0.15, 0.2) is 0 Å². The van der Waals surface area contributed by atoms with Gasteiger partial charge in [0.2, 0.25) is 0 Å². The van der Waals surface area contributed by atoms with Gasteiger partial charge in [0, 0.05) is 0 Å². The number of hydrogen-bond acceptors (Lipinski definition) is 1. The van der Waals surface area contributed by atoms with E-state index in [2.05, 4.69) is 37.8 Å². The van der Waals surface area contributed by atoms with Gasteiger partial charge >= 0.3 is 0 Å². The number of hydrogen-bond donors (Lipinski definition) is 1. The van der Waals surface area contributed by atoms with Gasteiger partial charge in [-0.2, -0.15) is 0 Å². The summed E-state index contributed by atoms with van der Waals surface area (Å²) in [4.78, 5) is 0. The standard InChI is InChI=1S/C3H2Br2O/c4-3(5)1-2-6/h3,6H. The second kappa shape index (κ2) is 3.51. The van der Waals surface area contributed by atoms with Gasteiger partial charge < -0.3 is 5.11 Å². The maximum Gasteiger partial charge on any atom is 0.133 e. The first kappa shape index (κ1) is 6.32. The molecule has 1 nitrogen and oxygen atoms in total. The predicted octanol–water partition coefficient (Wildman–Crippen LogP) is 1.44. The molecule has 3 heteroatoms. The quantitative estimate of drug-likeness (QED) is 0.477. The summed E-state index contributed by atoms with van der Waals surface area (Å²) in [6, 6.07) is 0. The first-order valence-corrected chi connectivity index (χ1v) is 3.03. The molecule has 0 unspecified atom stereocenters. The molecule has 0 aliphatic carbocycles. The van der Waals surface area contributed by atoms with Gasteiger partial charge in [0.15, 0.2) is 0 Å². The van der Waals surface area contributed by atoms with Crippen LogP contribution in [0.4, 0.5) is 0 Å². The van der Waals surface area contributed by atoms with E-state index < -0.39 is 0 Å². The zero-order valence-electron chi connectivity index (χ0n) is 2.78. The van der Waals surface area contributed by atoms with E-state index in [1.54, 1.807) is 6.11 Å². The summed E-state index contributed by atoms with van der Waals surface area (Å²) in [5.41, 5.74) is 0. The van der Waals surface area contributed by atoms with Crippen molar-refractivity contribution in [2.45, 2.75) is 3.74 Å². The van der Waals surface area contributed by atoms with Crippen LogP contribution in [0.25, 0.3) is 0 Å². The molecule has 0 aromatic heterocycles. The lowest BCUT2D eigenvalue weighted by Crippen LogP contribution is -1.71. The first-order chi connectivity index (χ1) is 2.77. The minimum atomic E-state index is -0.0880. The van der Waals surface area contributed by atoms with Crippen LogP contribution in [0.2, 0.25) is 0 Å². The third kappa shape index (κ3) is 4.32. The minimum absolute atomic E-state index is 0.0880. The molecule has 0 amide bonds. The molecule has 0 radical (unpaired) electrons. The molecular formula is C3H2Br2O. The van der Waals surface area contributed by atoms with Crippen LogP contribution < -0.4 is 0 Å². The number of rotatable bonds is 0. The average molecular weight is 214 g/mol. The normalized spacial score (nSPS) is 7.17. The van der Waals surface area contributed by atoms with Gasteiger partial charge in [0.05, 0.1) is 0 Å². The fourth-order valence-corrected chi connectivity index (χ4v) is 0.254. The van der Waals surface area contributed by atoms with Gasteiger partial charge in [-0.25, -0.2) is 0 Å². The van der Waals surface area contributed by atoms with Crippen molar-refractivity contribution in [2.75, 3.05) is 0 Å². The zero-order valence-corrected chi connectivity index (χ0v) is 5.95. The van der Waals surface area contributed by atoms with Crippen molar-refractivity contribution in [1.29, 1.82) is 0 Å². The molecule has 0 rings (SSSR count). The Kier molecular flexibility index (Phi) is 3.70. The molecule has 1 N–H and O–H groups in total. The minimum Gasteiger partial charge on any atom is -0.462 e. The summed E-state index contributed by atoms with van der Waals surface area (Å²) in [6.45, 7) is 0. The molecule has 0 aliphatic heterocycles. The van der Waals surface area contributed by atoms with Crippen LogP contribution in [0.3, 0.4) is 0 Å². The molecule has 0 aliphatic rings. The highest BCUT2D eigenvalue weighted by atomic mass is 79.9. The van der Waals surface area contributed by atoms with E-state index in [1.165, 1.54) is 0 Å². The third-order valence-electron chi connectivity index (χ3n) is 0.174. The van der Waals surface area contributed by atoms with E-state index in [0.29, 0.717) is 0 Å². The largest absolute Gasteiger partial charge is 0.462 e. The smallest absolute Gasteiger partial charge is 0.133 e. The van der Waals surface area contributed by atoms with E-state index in [9.17, 15) is 0 Å². The molecule has 6 heavy (non-hydrogen) atoms.